The minimum atomic E-state index is 0. The van der Waals surface area contributed by atoms with Gasteiger partial charge >= 0.3 is 38.5 Å². The van der Waals surface area contributed by atoms with Gasteiger partial charge in [-0.3, -0.25) is 0 Å². The second kappa shape index (κ2) is 11.7. The molecule has 2 aromatic rings. The molecule has 2 aromatic carbocycles. The first kappa shape index (κ1) is 21.2. The van der Waals surface area contributed by atoms with E-state index in [-0.39, 0.29) is 18.6 Å². The summed E-state index contributed by atoms with van der Waals surface area (Å²) in [7, 11) is 0. The third-order valence-electron chi connectivity index (χ3n) is 2.13. The zero-order chi connectivity index (χ0) is 14.1. The van der Waals surface area contributed by atoms with Crippen molar-refractivity contribution in [1.82, 2.24) is 0 Å². The van der Waals surface area contributed by atoms with Gasteiger partial charge in [0.05, 0.1) is 0 Å². The van der Waals surface area contributed by atoms with Gasteiger partial charge in [-0.1, -0.05) is 27.7 Å². The molecule has 0 aromatic heterocycles. The van der Waals surface area contributed by atoms with E-state index < -0.39 is 0 Å². The van der Waals surface area contributed by atoms with Gasteiger partial charge in [-0.2, -0.15) is 35.4 Å². The second-order valence-electron chi connectivity index (χ2n) is 4.93. The van der Waals surface area contributed by atoms with Crippen molar-refractivity contribution in [2.24, 2.45) is 0 Å². The molecule has 0 saturated carbocycles. The van der Waals surface area contributed by atoms with Gasteiger partial charge in [-0.05, 0) is 0 Å². The fraction of sp³-hybridized carbons (Fsp3) is 0.375. The molecular formula is C16H24ClSiTi-2. The number of hydrogen-bond acceptors (Lipinski definition) is 0. The van der Waals surface area contributed by atoms with Crippen LogP contribution < -0.4 is 12.4 Å². The normalized spacial score (nSPS) is 8.42. The van der Waals surface area contributed by atoms with Crippen molar-refractivity contribution in [1.29, 1.82) is 0 Å². The summed E-state index contributed by atoms with van der Waals surface area (Å²) < 4.78 is 0. The molecule has 3 heteroatoms. The van der Waals surface area contributed by atoms with E-state index >= 15 is 0 Å². The summed E-state index contributed by atoms with van der Waals surface area (Å²) in [4.78, 5) is 0. The molecular weight excluding hydrogens is 304 g/mol. The molecule has 0 aliphatic heterocycles. The van der Waals surface area contributed by atoms with Crippen LogP contribution in [0, 0.1) is 27.7 Å². The van der Waals surface area contributed by atoms with Gasteiger partial charge in [0.2, 0.25) is 0 Å². The topological polar surface area (TPSA) is 0 Å². The van der Waals surface area contributed by atoms with Crippen molar-refractivity contribution in [3.8, 4) is 0 Å². The Kier molecular flexibility index (Phi) is 13.1. The molecule has 0 fully saturated rings. The fourth-order valence-corrected chi connectivity index (χ4v) is 1.44. The van der Waals surface area contributed by atoms with Crippen LogP contribution in [0.2, 0.25) is 13.1 Å². The second-order valence-corrected chi connectivity index (χ2v) is 11.6. The van der Waals surface area contributed by atoms with Crippen LogP contribution in [0.4, 0.5) is 0 Å². The summed E-state index contributed by atoms with van der Waals surface area (Å²) in [6.45, 7) is 13.0. The van der Waals surface area contributed by atoms with Crippen molar-refractivity contribution in [2.75, 3.05) is 0 Å². The molecule has 0 heterocycles. The number of aryl methyl sites for hydroxylation is 4. The van der Waals surface area contributed by atoms with E-state index in [1.54, 1.807) is 0 Å². The Labute approximate surface area is 137 Å². The van der Waals surface area contributed by atoms with Crippen LogP contribution in [-0.2, 0) is 19.2 Å². The first-order valence-corrected chi connectivity index (χ1v) is 11.1. The molecule has 2 rings (SSSR count). The van der Waals surface area contributed by atoms with Gasteiger partial charge in [-0.25, -0.2) is 23.3 Å². The van der Waals surface area contributed by atoms with E-state index in [4.69, 9.17) is 0 Å². The molecule has 0 N–H and O–H groups in total. The van der Waals surface area contributed by atoms with Gasteiger partial charge < -0.3 is 12.4 Å². The minimum absolute atomic E-state index is 0. The average Bonchev–Trinajstić information content (AvgIpc) is 2.76. The van der Waals surface area contributed by atoms with Crippen LogP contribution in [0.15, 0.2) is 36.4 Å². The summed E-state index contributed by atoms with van der Waals surface area (Å²) in [6.07, 6.45) is 0.120. The van der Waals surface area contributed by atoms with Crippen LogP contribution in [0.1, 0.15) is 22.3 Å². The van der Waals surface area contributed by atoms with Crippen LogP contribution >= 0.6 is 0 Å². The minimum Gasteiger partial charge on any atom is -1.00 e. The molecule has 0 nitrogen and oxygen atoms in total. The standard InChI is InChI=1S/2C7H9.C2H6Si.ClH.Ti/c2*1-6-3-4-7(2)5-6;1-3-2;;/h2*3-5H,1-2H3;1-2H3;1H;/q2*-1;;;+1/p-1. The smallest absolute Gasteiger partial charge is 0.0635 e. The van der Waals surface area contributed by atoms with Gasteiger partial charge in [0.25, 0.3) is 0 Å². The third kappa shape index (κ3) is 14.1. The van der Waals surface area contributed by atoms with E-state index in [2.05, 4.69) is 96.4 Å². The number of halogens is 1. The third-order valence-corrected chi connectivity index (χ3v) is 2.13. The Morgan fingerprint density at radius 1 is 0.842 bits per heavy atom. The fourth-order valence-electron chi connectivity index (χ4n) is 1.44. The first-order chi connectivity index (χ1) is 8.31. The van der Waals surface area contributed by atoms with Crippen molar-refractivity contribution in [3.05, 3.63) is 58.7 Å². The Bertz CT molecular complexity index is 393. The van der Waals surface area contributed by atoms with E-state index in [1.165, 1.54) is 22.3 Å². The molecule has 0 unspecified atom stereocenters. The maximum Gasteiger partial charge on any atom is -0.0635 e. The molecule has 19 heavy (non-hydrogen) atoms. The van der Waals surface area contributed by atoms with Crippen molar-refractivity contribution in [3.63, 3.8) is 0 Å². The molecule has 0 spiro atoms. The maximum atomic E-state index is 2.27. The molecule has 0 saturated heterocycles. The summed E-state index contributed by atoms with van der Waals surface area (Å²) in [5.74, 6) is 0. The predicted octanol–water partition coefficient (Wildman–Crippen LogP) is 1.83. The van der Waals surface area contributed by atoms with Crippen LogP contribution in [-0.4, -0.2) is 6.19 Å². The SMILES string of the molecule is C[Si](C)=[Ti+].Cc1c[cH-]c(C)c1.Cc1c[cH-]c(C)c1.[Cl-]. The summed E-state index contributed by atoms with van der Waals surface area (Å²) in [5.41, 5.74) is 5.44. The summed E-state index contributed by atoms with van der Waals surface area (Å²) in [5, 5.41) is 0. The molecule has 0 bridgehead atoms. The number of rotatable bonds is 0. The molecule has 0 radical (unpaired) electrons. The summed E-state index contributed by atoms with van der Waals surface area (Å²) in [6, 6.07) is 12.8. The zero-order valence-corrected chi connectivity index (χ0v) is 16.2. The Morgan fingerprint density at radius 3 is 1.16 bits per heavy atom. The molecule has 0 aliphatic carbocycles. The molecule has 0 amide bonds. The van der Waals surface area contributed by atoms with E-state index in [0.717, 1.165) is 0 Å². The predicted molar refractivity (Wildman–Crippen MR) is 80.5 cm³/mol. The first-order valence-electron chi connectivity index (χ1n) is 6.23. The molecule has 105 valence electrons. The largest absolute Gasteiger partial charge is 1.00 e. The number of hydrogen-bond donors (Lipinski definition) is 0. The van der Waals surface area contributed by atoms with E-state index in [0.29, 0.717) is 0 Å². The van der Waals surface area contributed by atoms with E-state index in [9.17, 15) is 0 Å². The maximum absolute atomic E-state index is 2.27. The zero-order valence-electron chi connectivity index (χ0n) is 12.8. The van der Waals surface area contributed by atoms with Gasteiger partial charge in [-0.15, -0.1) is 0 Å². The van der Waals surface area contributed by atoms with Crippen molar-refractivity contribution in [2.45, 2.75) is 40.8 Å². The van der Waals surface area contributed by atoms with Crippen LogP contribution in [0.25, 0.3) is 0 Å². The molecule has 0 atom stereocenters. The Morgan fingerprint density at radius 2 is 1.11 bits per heavy atom. The van der Waals surface area contributed by atoms with Crippen molar-refractivity contribution >= 4 is 6.19 Å². The van der Waals surface area contributed by atoms with Gasteiger partial charge in [0.1, 0.15) is 0 Å². The van der Waals surface area contributed by atoms with Gasteiger partial charge in [0, 0.05) is 0 Å². The average molecular weight is 328 g/mol. The van der Waals surface area contributed by atoms with Crippen LogP contribution in [0.3, 0.4) is 0 Å². The quantitative estimate of drug-likeness (QED) is 0.511. The monoisotopic (exact) mass is 327 g/mol. The van der Waals surface area contributed by atoms with Crippen LogP contribution in [0.5, 0.6) is 0 Å². The Balaban J connectivity index is 0. The van der Waals surface area contributed by atoms with E-state index in [1.807, 2.05) is 0 Å². The summed E-state index contributed by atoms with van der Waals surface area (Å²) >= 11 is 2.27. The van der Waals surface area contributed by atoms with Gasteiger partial charge in [0.15, 0.2) is 0 Å². The van der Waals surface area contributed by atoms with Crippen molar-refractivity contribution < 1.29 is 31.6 Å². The molecule has 0 aliphatic rings. The Hall–Kier alpha value is -0.0788.